The van der Waals surface area contributed by atoms with Gasteiger partial charge in [-0.2, -0.15) is 0 Å². The Hall–Kier alpha value is -4.19. The lowest BCUT2D eigenvalue weighted by Crippen LogP contribution is -2.49. The smallest absolute Gasteiger partial charge is 0.270 e. The predicted molar refractivity (Wildman–Crippen MR) is 157 cm³/mol. The highest BCUT2D eigenvalue weighted by molar-refractivity contribution is 7.90. The Balaban J connectivity index is 1.25. The van der Waals surface area contributed by atoms with E-state index in [-0.39, 0.29) is 23.6 Å². The molecule has 3 amide bonds. The van der Waals surface area contributed by atoms with E-state index >= 15 is 0 Å². The summed E-state index contributed by atoms with van der Waals surface area (Å²) >= 11 is 0. The predicted octanol–water partition coefficient (Wildman–Crippen LogP) is 3.75. The van der Waals surface area contributed by atoms with Crippen LogP contribution in [0.3, 0.4) is 0 Å². The van der Waals surface area contributed by atoms with Gasteiger partial charge in [-0.25, -0.2) is 22.2 Å². The molecule has 1 saturated heterocycles. The van der Waals surface area contributed by atoms with E-state index in [0.29, 0.717) is 27.9 Å². The van der Waals surface area contributed by atoms with Crippen molar-refractivity contribution >= 4 is 44.5 Å². The first kappa shape index (κ1) is 30.3. The number of allylic oxidation sites excluding steroid dienone is 1. The maximum atomic E-state index is 14.5. The van der Waals surface area contributed by atoms with Gasteiger partial charge in [0.1, 0.15) is 23.7 Å². The number of aromatic nitrogens is 1. The summed E-state index contributed by atoms with van der Waals surface area (Å²) in [5, 5.41) is 5.83. The Labute approximate surface area is 248 Å². The minimum atomic E-state index is -3.45. The van der Waals surface area contributed by atoms with E-state index in [0.717, 1.165) is 24.0 Å². The zero-order chi connectivity index (χ0) is 30.9. The Morgan fingerprint density at radius 3 is 2.60 bits per heavy atom. The normalized spacial score (nSPS) is 19.5. The lowest BCUT2D eigenvalue weighted by molar-refractivity contribution is -0.138. The number of carbonyl (C=O) groups is 3. The highest BCUT2D eigenvalue weighted by Crippen LogP contribution is 2.32. The highest BCUT2D eigenvalue weighted by Gasteiger charge is 2.40. The summed E-state index contributed by atoms with van der Waals surface area (Å²) in [6, 6.07) is 9.95. The van der Waals surface area contributed by atoms with E-state index in [4.69, 9.17) is 0 Å². The number of pyridine rings is 1. The molecule has 226 valence electrons. The molecular formula is C31H32F2N4O5S. The first-order valence-corrected chi connectivity index (χ1v) is 15.9. The number of hydrogen-bond acceptors (Lipinski definition) is 6. The van der Waals surface area contributed by atoms with Crippen LogP contribution in [0, 0.1) is 11.7 Å². The fraction of sp³-hybridized carbons (Fsp3) is 0.355. The summed E-state index contributed by atoms with van der Waals surface area (Å²) in [7, 11) is -3.45. The van der Waals surface area contributed by atoms with Crippen molar-refractivity contribution < 1.29 is 31.6 Å². The molecule has 9 nitrogen and oxygen atoms in total. The first-order valence-electron chi connectivity index (χ1n) is 14.0. The average Bonchev–Trinajstić information content (AvgIpc) is 3.72. The third-order valence-corrected chi connectivity index (χ3v) is 8.75. The van der Waals surface area contributed by atoms with Gasteiger partial charge in [0.05, 0.1) is 29.5 Å². The molecular weight excluding hydrogens is 578 g/mol. The van der Waals surface area contributed by atoms with Crippen LogP contribution in [0.25, 0.3) is 17.0 Å². The Morgan fingerprint density at radius 2 is 1.88 bits per heavy atom. The second-order valence-electron chi connectivity index (χ2n) is 11.1. The van der Waals surface area contributed by atoms with E-state index in [1.165, 1.54) is 30.3 Å². The van der Waals surface area contributed by atoms with Gasteiger partial charge in [-0.3, -0.25) is 14.4 Å². The molecule has 2 aromatic carbocycles. The lowest BCUT2D eigenvalue weighted by Gasteiger charge is -2.26. The molecule has 0 radical (unpaired) electrons. The fourth-order valence-electron chi connectivity index (χ4n) is 5.12. The lowest BCUT2D eigenvalue weighted by atomic mass is 10.00. The van der Waals surface area contributed by atoms with Gasteiger partial charge < -0.3 is 15.5 Å². The molecule has 1 aliphatic carbocycles. The van der Waals surface area contributed by atoms with Gasteiger partial charge in [-0.05, 0) is 73.2 Å². The third-order valence-electron chi connectivity index (χ3n) is 7.64. The number of benzene rings is 2. The maximum Gasteiger partial charge on any atom is 0.270 e. The molecule has 2 fully saturated rings. The summed E-state index contributed by atoms with van der Waals surface area (Å²) in [6.07, 6.45) is 5.54. The minimum absolute atomic E-state index is 0.0215. The van der Waals surface area contributed by atoms with E-state index in [1.54, 1.807) is 25.1 Å². The molecule has 12 heteroatoms. The molecule has 3 aromatic rings. The molecule has 1 aliphatic heterocycles. The minimum Gasteiger partial charge on any atom is -0.348 e. The number of halogens is 2. The van der Waals surface area contributed by atoms with Crippen LogP contribution in [-0.4, -0.2) is 67.6 Å². The molecule has 1 saturated carbocycles. The molecule has 5 rings (SSSR count). The third kappa shape index (κ3) is 7.24. The van der Waals surface area contributed by atoms with Crippen molar-refractivity contribution in [1.29, 1.82) is 0 Å². The van der Waals surface area contributed by atoms with Crippen molar-refractivity contribution in [3.63, 3.8) is 0 Å². The number of hydrogen-bond donors (Lipinski definition) is 2. The number of carbonyl (C=O) groups excluding carboxylic acids is 3. The maximum absolute atomic E-state index is 14.5. The number of nitrogens with one attached hydrogen (secondary N) is 2. The first-order chi connectivity index (χ1) is 20.4. The molecule has 2 heterocycles. The van der Waals surface area contributed by atoms with Crippen LogP contribution in [0.2, 0.25) is 0 Å². The Kier molecular flexibility index (Phi) is 8.59. The second-order valence-corrected chi connectivity index (χ2v) is 13.1. The van der Waals surface area contributed by atoms with Gasteiger partial charge in [-0.15, -0.1) is 0 Å². The number of alkyl halides is 1. The zero-order valence-electron chi connectivity index (χ0n) is 23.7. The topological polar surface area (TPSA) is 126 Å². The molecule has 0 unspecified atom stereocenters. The molecule has 3 atom stereocenters. The molecule has 2 aliphatic rings. The van der Waals surface area contributed by atoms with Gasteiger partial charge in [0.15, 0.2) is 9.84 Å². The summed E-state index contributed by atoms with van der Waals surface area (Å²) in [5.74, 6) is -1.82. The van der Waals surface area contributed by atoms with E-state index in [1.807, 2.05) is 12.2 Å². The van der Waals surface area contributed by atoms with Gasteiger partial charge in [-0.1, -0.05) is 24.3 Å². The van der Waals surface area contributed by atoms with Crippen LogP contribution in [-0.2, 0) is 19.4 Å². The standard InChI is InChI=1S/C31H32F2N4O5S/c1-18(25-10-9-24(43(2,41)42)14-20(25)6-5-19-3-4-19)35-31(40)28-15-23(33)17-37(28)29(38)16-34-30(39)27-11-7-21-13-22(32)8-12-26(21)36-27/h5-14,18-19,23,28H,3-4,15-17H2,1-2H3,(H,34,39)(H,35,40)/b6-5+/t18-,23+,28-/m0/s1. The summed E-state index contributed by atoms with van der Waals surface area (Å²) in [5.41, 5.74) is 1.76. The van der Waals surface area contributed by atoms with Crippen molar-refractivity contribution in [2.24, 2.45) is 5.92 Å². The van der Waals surface area contributed by atoms with E-state index in [9.17, 15) is 31.6 Å². The van der Waals surface area contributed by atoms with Crippen LogP contribution < -0.4 is 10.6 Å². The number of fused-ring (bicyclic) bond motifs is 1. The fourth-order valence-corrected chi connectivity index (χ4v) is 5.77. The van der Waals surface area contributed by atoms with Crippen LogP contribution in [0.5, 0.6) is 0 Å². The zero-order valence-corrected chi connectivity index (χ0v) is 24.5. The van der Waals surface area contributed by atoms with Gasteiger partial charge in [0.2, 0.25) is 11.8 Å². The summed E-state index contributed by atoms with van der Waals surface area (Å²) < 4.78 is 52.2. The molecule has 0 bridgehead atoms. The van der Waals surface area contributed by atoms with Crippen LogP contribution >= 0.6 is 0 Å². The Morgan fingerprint density at radius 1 is 1.12 bits per heavy atom. The van der Waals surface area contributed by atoms with E-state index in [2.05, 4.69) is 15.6 Å². The number of nitrogens with zero attached hydrogens (tertiary/aromatic N) is 2. The SMILES string of the molecule is C[C@H](NC(=O)[C@@H]1C[C@@H](F)CN1C(=O)CNC(=O)c1ccc2cc(F)ccc2n1)c1ccc(S(C)(=O)=O)cc1/C=C/C1CC1. The Bertz CT molecular complexity index is 1720. The average molecular weight is 611 g/mol. The number of sulfone groups is 1. The van der Waals surface area contributed by atoms with E-state index < -0.39 is 58.2 Å². The molecule has 0 spiro atoms. The number of rotatable bonds is 9. The second kappa shape index (κ2) is 12.2. The number of likely N-dealkylation sites (tertiary alicyclic amines) is 1. The monoisotopic (exact) mass is 610 g/mol. The van der Waals surface area contributed by atoms with Crippen LogP contribution in [0.1, 0.15) is 53.8 Å². The molecule has 2 N–H and O–H groups in total. The molecule has 1 aromatic heterocycles. The van der Waals surface area contributed by atoms with Gasteiger partial charge >= 0.3 is 0 Å². The van der Waals surface area contributed by atoms with Crippen LogP contribution in [0.4, 0.5) is 8.78 Å². The quantitative estimate of drug-likeness (QED) is 0.380. The van der Waals surface area contributed by atoms with Crippen molar-refractivity contribution in [2.45, 2.75) is 49.3 Å². The van der Waals surface area contributed by atoms with Crippen molar-refractivity contribution in [1.82, 2.24) is 20.5 Å². The van der Waals surface area contributed by atoms with Crippen molar-refractivity contribution in [3.05, 3.63) is 77.2 Å². The summed E-state index contributed by atoms with van der Waals surface area (Å²) in [6.45, 7) is 0.970. The van der Waals surface area contributed by atoms with Crippen molar-refractivity contribution in [2.75, 3.05) is 19.3 Å². The van der Waals surface area contributed by atoms with Crippen LogP contribution in [0.15, 0.2) is 59.5 Å². The van der Waals surface area contributed by atoms with Gasteiger partial charge in [0.25, 0.3) is 5.91 Å². The largest absolute Gasteiger partial charge is 0.348 e. The van der Waals surface area contributed by atoms with Crippen molar-refractivity contribution in [3.8, 4) is 0 Å². The number of amides is 3. The van der Waals surface area contributed by atoms with Gasteiger partial charge in [0, 0.05) is 18.1 Å². The highest BCUT2D eigenvalue weighted by atomic mass is 32.2. The molecule has 43 heavy (non-hydrogen) atoms. The summed E-state index contributed by atoms with van der Waals surface area (Å²) in [4.78, 5) is 44.5.